The van der Waals surface area contributed by atoms with Crippen LogP contribution in [-0.4, -0.2) is 56.0 Å². The van der Waals surface area contributed by atoms with Crippen molar-refractivity contribution < 1.29 is 18.9 Å². The van der Waals surface area contributed by atoms with Gasteiger partial charge < -0.3 is 14.2 Å². The zero-order chi connectivity index (χ0) is 16.9. The van der Waals surface area contributed by atoms with E-state index in [0.29, 0.717) is 6.54 Å². The number of carbonyl (C=O) groups is 2. The Morgan fingerprint density at radius 2 is 1.95 bits per heavy atom. The molecule has 2 amide bonds. The summed E-state index contributed by atoms with van der Waals surface area (Å²) < 4.78 is 11.0. The van der Waals surface area contributed by atoms with E-state index in [1.54, 1.807) is 4.90 Å². The lowest BCUT2D eigenvalue weighted by Gasteiger charge is -2.39. The topological polar surface area (TPSA) is 59.1 Å². The molecule has 2 heterocycles. The molecule has 0 aliphatic carbocycles. The third-order valence-electron chi connectivity index (χ3n) is 4.87. The lowest BCUT2D eigenvalue weighted by molar-refractivity contribution is -0.144. The molecule has 0 saturated carbocycles. The molecule has 0 unspecified atom stereocenters. The maximum absolute atomic E-state index is 12.7. The zero-order valence-corrected chi connectivity index (χ0v) is 15.5. The second-order valence-corrected chi connectivity index (χ2v) is 12.2. The fourth-order valence-electron chi connectivity index (χ4n) is 2.51. The zero-order valence-electron chi connectivity index (χ0n) is 14.5. The SMILES string of the molecule is COC(=O)[C@@H]1C(C)=C[C@H]2CN1C(=O)N2O[Si](C)(C)C(C)(C)C. The highest BCUT2D eigenvalue weighted by Gasteiger charge is 2.51. The van der Waals surface area contributed by atoms with Gasteiger partial charge in [0.1, 0.15) is 0 Å². The molecular weight excluding hydrogens is 300 g/mol. The Morgan fingerprint density at radius 3 is 2.45 bits per heavy atom. The van der Waals surface area contributed by atoms with Crippen LogP contribution in [-0.2, 0) is 14.1 Å². The van der Waals surface area contributed by atoms with Crippen LogP contribution in [0.2, 0.25) is 18.1 Å². The Labute approximate surface area is 133 Å². The Kier molecular flexibility index (Phi) is 4.16. The number of hydrogen-bond acceptors (Lipinski definition) is 4. The van der Waals surface area contributed by atoms with Crippen molar-refractivity contribution in [2.45, 2.75) is 57.9 Å². The van der Waals surface area contributed by atoms with Gasteiger partial charge in [0.25, 0.3) is 0 Å². The molecule has 0 spiro atoms. The predicted octanol–water partition coefficient (Wildman–Crippen LogP) is 2.53. The van der Waals surface area contributed by atoms with Gasteiger partial charge in [-0.05, 0) is 30.6 Å². The number of methoxy groups -OCH3 is 1. The van der Waals surface area contributed by atoms with Crippen LogP contribution in [0.15, 0.2) is 11.6 Å². The van der Waals surface area contributed by atoms with Gasteiger partial charge in [-0.25, -0.2) is 14.7 Å². The Morgan fingerprint density at radius 1 is 1.36 bits per heavy atom. The predicted molar refractivity (Wildman–Crippen MR) is 85.6 cm³/mol. The fourth-order valence-corrected chi connectivity index (χ4v) is 3.49. The standard InChI is InChI=1S/C15H26N2O4Si/c1-10-8-11-9-16(12(10)13(18)20-5)14(19)17(11)21-22(6,7)15(2,3)4/h8,11-12H,9H2,1-7H3/t11-,12-/m0/s1. The summed E-state index contributed by atoms with van der Waals surface area (Å²) in [6, 6.07) is -1.03. The summed E-state index contributed by atoms with van der Waals surface area (Å²) in [5, 5.41) is 1.46. The van der Waals surface area contributed by atoms with Crippen LogP contribution in [0.5, 0.6) is 0 Å². The summed E-state index contributed by atoms with van der Waals surface area (Å²) in [6.07, 6.45) is 1.94. The van der Waals surface area contributed by atoms with Gasteiger partial charge in [0, 0.05) is 0 Å². The molecule has 2 aliphatic rings. The Balaban J connectivity index is 2.26. The van der Waals surface area contributed by atoms with Gasteiger partial charge in [-0.15, -0.1) is 0 Å². The largest absolute Gasteiger partial charge is 0.467 e. The lowest BCUT2D eigenvalue weighted by atomic mass is 10.0. The van der Waals surface area contributed by atoms with Gasteiger partial charge in [-0.3, -0.25) is 0 Å². The molecule has 0 aromatic rings. The molecule has 1 fully saturated rings. The van der Waals surface area contributed by atoms with Gasteiger partial charge in [-0.1, -0.05) is 26.8 Å². The van der Waals surface area contributed by atoms with E-state index >= 15 is 0 Å². The van der Waals surface area contributed by atoms with Crippen molar-refractivity contribution in [3.8, 4) is 0 Å². The molecule has 2 rings (SSSR count). The number of esters is 1. The smallest absolute Gasteiger partial charge is 0.344 e. The molecule has 0 aromatic carbocycles. The van der Waals surface area contributed by atoms with Crippen LogP contribution >= 0.6 is 0 Å². The van der Waals surface area contributed by atoms with E-state index in [1.165, 1.54) is 12.2 Å². The average Bonchev–Trinajstić information content (AvgIpc) is 2.62. The Hall–Kier alpha value is -1.34. The lowest BCUT2D eigenvalue weighted by Crippen LogP contribution is -2.49. The van der Waals surface area contributed by atoms with Crippen LogP contribution < -0.4 is 0 Å². The molecule has 2 bridgehead atoms. The number of fused-ring (bicyclic) bond motifs is 2. The van der Waals surface area contributed by atoms with Gasteiger partial charge in [0.15, 0.2) is 6.04 Å². The minimum absolute atomic E-state index is 0.000185. The first-order chi connectivity index (χ1) is 9.99. The quantitative estimate of drug-likeness (QED) is 0.454. The number of urea groups is 1. The monoisotopic (exact) mass is 326 g/mol. The highest BCUT2D eigenvalue weighted by molar-refractivity contribution is 6.74. The summed E-state index contributed by atoms with van der Waals surface area (Å²) in [6.45, 7) is 12.9. The first-order valence-corrected chi connectivity index (χ1v) is 10.5. The average molecular weight is 326 g/mol. The first kappa shape index (κ1) is 17.0. The molecule has 0 aromatic heterocycles. The van der Waals surface area contributed by atoms with E-state index < -0.39 is 20.3 Å². The highest BCUT2D eigenvalue weighted by Crippen LogP contribution is 2.39. The molecule has 2 atom stereocenters. The van der Waals surface area contributed by atoms with Gasteiger partial charge in [0.05, 0.1) is 19.7 Å². The number of amides is 2. The molecule has 7 heteroatoms. The number of ether oxygens (including phenoxy) is 1. The first-order valence-electron chi connectivity index (χ1n) is 7.54. The second-order valence-electron chi connectivity index (χ2n) is 7.52. The van der Waals surface area contributed by atoms with Crippen molar-refractivity contribution >= 4 is 20.3 Å². The molecule has 0 N–H and O–H groups in total. The van der Waals surface area contributed by atoms with Crippen LogP contribution in [0.1, 0.15) is 27.7 Å². The maximum Gasteiger partial charge on any atom is 0.344 e. The summed E-state index contributed by atoms with van der Waals surface area (Å²) in [5.41, 5.74) is 0.831. The van der Waals surface area contributed by atoms with Crippen molar-refractivity contribution in [2.24, 2.45) is 0 Å². The van der Waals surface area contributed by atoms with Crippen molar-refractivity contribution in [1.29, 1.82) is 0 Å². The summed E-state index contributed by atoms with van der Waals surface area (Å²) >= 11 is 0. The third kappa shape index (κ3) is 2.67. The van der Waals surface area contributed by atoms with Crippen molar-refractivity contribution in [3.05, 3.63) is 11.6 Å². The van der Waals surface area contributed by atoms with Crippen LogP contribution in [0.3, 0.4) is 0 Å². The number of rotatable bonds is 3. The van der Waals surface area contributed by atoms with Crippen LogP contribution in [0.4, 0.5) is 4.79 Å². The molecule has 22 heavy (non-hydrogen) atoms. The fraction of sp³-hybridized carbons (Fsp3) is 0.733. The number of hydrogen-bond donors (Lipinski definition) is 0. The van der Waals surface area contributed by atoms with Crippen LogP contribution in [0.25, 0.3) is 0 Å². The molecule has 0 radical (unpaired) electrons. The normalized spacial score (nSPS) is 25.4. The van der Waals surface area contributed by atoms with E-state index in [9.17, 15) is 9.59 Å². The van der Waals surface area contributed by atoms with Crippen LogP contribution in [0, 0.1) is 0 Å². The van der Waals surface area contributed by atoms with E-state index in [2.05, 4.69) is 33.9 Å². The number of nitrogens with zero attached hydrogens (tertiary/aromatic N) is 2. The second kappa shape index (κ2) is 5.38. The summed E-state index contributed by atoms with van der Waals surface area (Å²) in [5.74, 6) is -0.408. The molecule has 124 valence electrons. The molecule has 1 saturated heterocycles. The van der Waals surface area contributed by atoms with Crippen molar-refractivity contribution in [3.63, 3.8) is 0 Å². The maximum atomic E-state index is 12.7. The minimum atomic E-state index is -2.12. The van der Waals surface area contributed by atoms with Gasteiger partial charge in [-0.2, -0.15) is 0 Å². The number of hydroxylamine groups is 2. The summed E-state index contributed by atoms with van der Waals surface area (Å²) in [7, 11) is -0.779. The third-order valence-corrected chi connectivity index (χ3v) is 9.14. The van der Waals surface area contributed by atoms with E-state index in [4.69, 9.17) is 9.26 Å². The van der Waals surface area contributed by atoms with E-state index in [-0.39, 0.29) is 17.1 Å². The van der Waals surface area contributed by atoms with E-state index in [1.807, 2.05) is 13.0 Å². The molecule has 2 aliphatic heterocycles. The number of carbonyl (C=O) groups excluding carboxylic acids is 2. The van der Waals surface area contributed by atoms with Gasteiger partial charge >= 0.3 is 12.0 Å². The van der Waals surface area contributed by atoms with Crippen molar-refractivity contribution in [2.75, 3.05) is 13.7 Å². The van der Waals surface area contributed by atoms with Crippen molar-refractivity contribution in [1.82, 2.24) is 9.96 Å². The minimum Gasteiger partial charge on any atom is -0.467 e. The van der Waals surface area contributed by atoms with E-state index in [0.717, 1.165) is 5.57 Å². The summed E-state index contributed by atoms with van der Waals surface area (Å²) in [4.78, 5) is 26.2. The molecule has 6 nitrogen and oxygen atoms in total. The Bertz CT molecular complexity index is 524. The van der Waals surface area contributed by atoms with Gasteiger partial charge in [0.2, 0.25) is 8.32 Å². The highest BCUT2D eigenvalue weighted by atomic mass is 28.4. The molecular formula is C15H26N2O4Si.